The molecule has 0 aliphatic carbocycles. The third kappa shape index (κ3) is 2.69. The first-order valence-corrected chi connectivity index (χ1v) is 7.31. The molecule has 100 valence electrons. The Bertz CT molecular complexity index is 377. The van der Waals surface area contributed by atoms with Gasteiger partial charge in [-0.05, 0) is 38.2 Å². The lowest BCUT2D eigenvalue weighted by Crippen LogP contribution is -2.39. The predicted molar refractivity (Wildman–Crippen MR) is 77.0 cm³/mol. The molecular weight excluding hydrogens is 222 g/mol. The molecule has 1 fully saturated rings. The van der Waals surface area contributed by atoms with Crippen LogP contribution in [0.5, 0.6) is 0 Å². The summed E-state index contributed by atoms with van der Waals surface area (Å²) < 4.78 is 0. The fourth-order valence-electron chi connectivity index (χ4n) is 2.99. The van der Waals surface area contributed by atoms with Crippen molar-refractivity contribution in [2.24, 2.45) is 0 Å². The first-order valence-electron chi connectivity index (χ1n) is 7.31. The Kier molecular flexibility index (Phi) is 4.65. The Morgan fingerprint density at radius 3 is 2.78 bits per heavy atom. The van der Waals surface area contributed by atoms with E-state index >= 15 is 0 Å². The van der Waals surface area contributed by atoms with E-state index in [-0.39, 0.29) is 6.10 Å². The zero-order chi connectivity index (χ0) is 13.0. The Balaban J connectivity index is 2.30. The number of aliphatic hydroxyl groups is 1. The van der Waals surface area contributed by atoms with Gasteiger partial charge in [-0.15, -0.1) is 0 Å². The molecule has 1 saturated heterocycles. The summed E-state index contributed by atoms with van der Waals surface area (Å²) in [5.41, 5.74) is 2.35. The Labute approximate surface area is 111 Å². The van der Waals surface area contributed by atoms with Gasteiger partial charge >= 0.3 is 0 Å². The number of rotatable bonds is 4. The van der Waals surface area contributed by atoms with Gasteiger partial charge in [-0.25, -0.2) is 0 Å². The molecular formula is C16H25NO. The van der Waals surface area contributed by atoms with E-state index in [4.69, 9.17) is 0 Å². The van der Waals surface area contributed by atoms with Gasteiger partial charge in [-0.1, -0.05) is 32.0 Å². The summed E-state index contributed by atoms with van der Waals surface area (Å²) in [7, 11) is 0. The maximum absolute atomic E-state index is 10.2. The van der Waals surface area contributed by atoms with Crippen LogP contribution in [-0.2, 0) is 0 Å². The van der Waals surface area contributed by atoms with Crippen LogP contribution in [0.3, 0.4) is 0 Å². The standard InChI is InChI=1S/C16H25NO/c1-3-13-9-7-8-12-17(13)15-11-6-5-10-14(15)16(18)4-2/h5-6,10-11,13,16,18H,3-4,7-9,12H2,1-2H3/t13?,16-/m0/s1. The van der Waals surface area contributed by atoms with Crippen LogP contribution < -0.4 is 4.90 Å². The second-order valence-electron chi connectivity index (χ2n) is 5.23. The molecule has 2 atom stereocenters. The van der Waals surface area contributed by atoms with E-state index in [1.807, 2.05) is 13.0 Å². The highest BCUT2D eigenvalue weighted by Crippen LogP contribution is 2.33. The lowest BCUT2D eigenvalue weighted by atomic mass is 9.96. The number of hydrogen-bond acceptors (Lipinski definition) is 2. The normalized spacial score (nSPS) is 21.9. The number of aliphatic hydroxyl groups excluding tert-OH is 1. The third-order valence-electron chi connectivity index (χ3n) is 4.09. The molecule has 1 aromatic carbocycles. The maximum atomic E-state index is 10.2. The van der Waals surface area contributed by atoms with Gasteiger partial charge in [0.05, 0.1) is 6.10 Å². The van der Waals surface area contributed by atoms with E-state index < -0.39 is 0 Å². The van der Waals surface area contributed by atoms with Gasteiger partial charge in [0.25, 0.3) is 0 Å². The number of anilines is 1. The topological polar surface area (TPSA) is 23.5 Å². The average Bonchev–Trinajstić information content (AvgIpc) is 2.46. The zero-order valence-electron chi connectivity index (χ0n) is 11.6. The zero-order valence-corrected chi connectivity index (χ0v) is 11.6. The average molecular weight is 247 g/mol. The van der Waals surface area contributed by atoms with Gasteiger partial charge in [0, 0.05) is 23.8 Å². The molecule has 1 N–H and O–H groups in total. The quantitative estimate of drug-likeness (QED) is 0.872. The molecule has 2 heteroatoms. The molecule has 0 bridgehead atoms. The first kappa shape index (κ1) is 13.4. The lowest BCUT2D eigenvalue weighted by Gasteiger charge is -2.38. The van der Waals surface area contributed by atoms with Gasteiger partial charge in [-0.2, -0.15) is 0 Å². The van der Waals surface area contributed by atoms with Gasteiger partial charge in [-0.3, -0.25) is 0 Å². The number of hydrogen-bond donors (Lipinski definition) is 1. The summed E-state index contributed by atoms with van der Waals surface area (Å²) in [6.45, 7) is 5.43. The monoisotopic (exact) mass is 247 g/mol. The fraction of sp³-hybridized carbons (Fsp3) is 0.625. The summed E-state index contributed by atoms with van der Waals surface area (Å²) in [6, 6.07) is 9.00. The smallest absolute Gasteiger partial charge is 0.0807 e. The summed E-state index contributed by atoms with van der Waals surface area (Å²) in [4.78, 5) is 2.51. The lowest BCUT2D eigenvalue weighted by molar-refractivity contribution is 0.173. The van der Waals surface area contributed by atoms with Crippen LogP contribution in [0.2, 0.25) is 0 Å². The summed E-state index contributed by atoms with van der Waals surface area (Å²) in [6.07, 6.45) is 5.53. The minimum atomic E-state index is -0.333. The highest BCUT2D eigenvalue weighted by atomic mass is 16.3. The van der Waals surface area contributed by atoms with E-state index in [9.17, 15) is 5.11 Å². The number of benzene rings is 1. The second-order valence-corrected chi connectivity index (χ2v) is 5.23. The van der Waals surface area contributed by atoms with Crippen LogP contribution in [0.1, 0.15) is 57.6 Å². The number of para-hydroxylation sites is 1. The van der Waals surface area contributed by atoms with Crippen molar-refractivity contribution in [3.05, 3.63) is 29.8 Å². The Hall–Kier alpha value is -1.02. The van der Waals surface area contributed by atoms with Gasteiger partial charge in [0.1, 0.15) is 0 Å². The fourth-order valence-corrected chi connectivity index (χ4v) is 2.99. The van der Waals surface area contributed by atoms with Crippen molar-refractivity contribution < 1.29 is 5.11 Å². The van der Waals surface area contributed by atoms with Crippen LogP contribution in [0.25, 0.3) is 0 Å². The maximum Gasteiger partial charge on any atom is 0.0807 e. The van der Waals surface area contributed by atoms with Crippen molar-refractivity contribution in [2.45, 2.75) is 58.1 Å². The van der Waals surface area contributed by atoms with Gasteiger partial charge in [0.2, 0.25) is 0 Å². The molecule has 0 saturated carbocycles. The third-order valence-corrected chi connectivity index (χ3v) is 4.09. The van der Waals surface area contributed by atoms with Crippen LogP contribution >= 0.6 is 0 Å². The summed E-state index contributed by atoms with van der Waals surface area (Å²) in [5.74, 6) is 0. The van der Waals surface area contributed by atoms with Crippen LogP contribution in [0, 0.1) is 0 Å². The van der Waals surface area contributed by atoms with E-state index in [0.29, 0.717) is 6.04 Å². The number of piperidine rings is 1. The van der Waals surface area contributed by atoms with E-state index in [0.717, 1.165) is 18.5 Å². The van der Waals surface area contributed by atoms with Crippen molar-refractivity contribution >= 4 is 5.69 Å². The molecule has 18 heavy (non-hydrogen) atoms. The van der Waals surface area contributed by atoms with E-state index in [1.165, 1.54) is 31.4 Å². The van der Waals surface area contributed by atoms with Gasteiger partial charge < -0.3 is 10.0 Å². The van der Waals surface area contributed by atoms with E-state index in [2.05, 4.69) is 30.0 Å². The predicted octanol–water partition coefficient (Wildman–Crippen LogP) is 3.90. The molecule has 2 rings (SSSR count). The van der Waals surface area contributed by atoms with Crippen LogP contribution in [-0.4, -0.2) is 17.7 Å². The van der Waals surface area contributed by atoms with Crippen molar-refractivity contribution in [2.75, 3.05) is 11.4 Å². The Morgan fingerprint density at radius 2 is 2.06 bits per heavy atom. The minimum absolute atomic E-state index is 0.333. The largest absolute Gasteiger partial charge is 0.388 e. The molecule has 0 radical (unpaired) electrons. The van der Waals surface area contributed by atoms with Crippen LogP contribution in [0.4, 0.5) is 5.69 Å². The molecule has 0 amide bonds. The summed E-state index contributed by atoms with van der Waals surface area (Å²) in [5, 5.41) is 10.2. The van der Waals surface area contributed by atoms with Gasteiger partial charge in [0.15, 0.2) is 0 Å². The highest BCUT2D eigenvalue weighted by molar-refractivity contribution is 5.55. The second kappa shape index (κ2) is 6.24. The molecule has 1 unspecified atom stereocenters. The summed E-state index contributed by atoms with van der Waals surface area (Å²) >= 11 is 0. The SMILES string of the molecule is CCC1CCCCN1c1ccccc1[C@@H](O)CC. The van der Waals surface area contributed by atoms with Crippen molar-refractivity contribution in [1.82, 2.24) is 0 Å². The highest BCUT2D eigenvalue weighted by Gasteiger charge is 2.24. The van der Waals surface area contributed by atoms with Crippen molar-refractivity contribution in [3.63, 3.8) is 0 Å². The number of nitrogens with zero attached hydrogens (tertiary/aromatic N) is 1. The first-order chi connectivity index (χ1) is 8.77. The molecule has 1 heterocycles. The molecule has 0 aromatic heterocycles. The molecule has 0 spiro atoms. The minimum Gasteiger partial charge on any atom is -0.388 e. The van der Waals surface area contributed by atoms with E-state index in [1.54, 1.807) is 0 Å². The van der Waals surface area contributed by atoms with Crippen molar-refractivity contribution in [1.29, 1.82) is 0 Å². The van der Waals surface area contributed by atoms with Crippen LogP contribution in [0.15, 0.2) is 24.3 Å². The Morgan fingerprint density at radius 1 is 1.28 bits per heavy atom. The molecule has 1 aromatic rings. The molecule has 1 aliphatic heterocycles. The molecule has 2 nitrogen and oxygen atoms in total. The molecule has 1 aliphatic rings. The van der Waals surface area contributed by atoms with Crippen molar-refractivity contribution in [3.8, 4) is 0 Å².